The van der Waals surface area contributed by atoms with E-state index >= 15 is 0 Å². The Balaban J connectivity index is -0.0000000768. The van der Waals surface area contributed by atoms with Gasteiger partial charge >= 0.3 is 52.4 Å². The monoisotopic (exact) mass is 868 g/mol. The summed E-state index contributed by atoms with van der Waals surface area (Å²) in [6.45, 7) is 9.48. The van der Waals surface area contributed by atoms with Crippen LogP contribution in [0.15, 0.2) is 97.2 Å². The number of rotatable bonds is 0. The summed E-state index contributed by atoms with van der Waals surface area (Å²) in [4.78, 5) is 0. The quantitative estimate of drug-likeness (QED) is 0.213. The number of allylic oxidation sites excluding steroid dienone is 16. The molecule has 2 heteroatoms. The first-order valence-corrected chi connectivity index (χ1v) is 16.9. The van der Waals surface area contributed by atoms with Gasteiger partial charge in [0.05, 0.1) is 0 Å². The topological polar surface area (TPSA) is 0 Å². The summed E-state index contributed by atoms with van der Waals surface area (Å²) in [5.74, 6) is 10.7. The van der Waals surface area contributed by atoms with Crippen LogP contribution in [0.5, 0.6) is 0 Å². The third-order valence-electron chi connectivity index (χ3n) is 11.6. The molecule has 0 aromatic rings. The van der Waals surface area contributed by atoms with Crippen LogP contribution >= 0.6 is 0 Å². The Bertz CT molecular complexity index is 886. The molecular formula is C50H88Zr2. The van der Waals surface area contributed by atoms with Gasteiger partial charge in [0.1, 0.15) is 0 Å². The van der Waals surface area contributed by atoms with Crippen LogP contribution < -0.4 is 0 Å². The van der Waals surface area contributed by atoms with Gasteiger partial charge in [-0.25, -0.2) is 0 Å². The summed E-state index contributed by atoms with van der Waals surface area (Å²) in [7, 11) is 0. The summed E-state index contributed by atoms with van der Waals surface area (Å²) >= 11 is 0. The Morgan fingerprint density at radius 2 is 0.423 bits per heavy atom. The van der Waals surface area contributed by atoms with Gasteiger partial charge in [-0.15, -0.1) is 0 Å². The maximum Gasteiger partial charge on any atom is 4.00 e. The van der Waals surface area contributed by atoms with Crippen molar-refractivity contribution in [2.75, 3.05) is 0 Å². The van der Waals surface area contributed by atoms with Crippen LogP contribution in [-0.2, 0) is 52.4 Å². The fraction of sp³-hybridized carbons (Fsp3) is 0.520. The minimum absolute atomic E-state index is 0. The Hall–Kier alpha value is -0.314. The average molecular weight is 872 g/mol. The summed E-state index contributed by atoms with van der Waals surface area (Å²) in [6.07, 6.45) is 47.9. The summed E-state index contributed by atoms with van der Waals surface area (Å²) in [6, 6.07) is 0. The third-order valence-corrected chi connectivity index (χ3v) is 11.6. The third kappa shape index (κ3) is 18.5. The molecule has 0 aliphatic heterocycles. The van der Waals surface area contributed by atoms with E-state index in [2.05, 4.69) is 125 Å². The molecule has 0 aromatic carbocycles. The van der Waals surface area contributed by atoms with E-state index in [0.717, 1.165) is 71.0 Å². The van der Waals surface area contributed by atoms with E-state index < -0.39 is 0 Å². The molecule has 4 saturated carbocycles. The summed E-state index contributed by atoms with van der Waals surface area (Å²) < 4.78 is 0. The van der Waals surface area contributed by atoms with E-state index in [-0.39, 0.29) is 127 Å². The van der Waals surface area contributed by atoms with Crippen LogP contribution in [0.25, 0.3) is 0 Å². The molecule has 296 valence electrons. The minimum atomic E-state index is 0. The SMILES string of the molecule is C.C.CC1CCC2C=CC=CC12.CC1CCC2C=CC=CC12.CC1CCC2C=CC=CC12.CC1CCC2C=CC=CC12.[CH3-].[CH3-].[CH3-].[CH3-].[CH3-].[CH3-].[CH3-].[CH3-].[Zr+4].[Zr+4]. The van der Waals surface area contributed by atoms with E-state index in [1.807, 2.05) is 0 Å². The van der Waals surface area contributed by atoms with Crippen molar-refractivity contribution < 1.29 is 52.4 Å². The van der Waals surface area contributed by atoms with Crippen molar-refractivity contribution in [3.8, 4) is 0 Å². The molecule has 0 bridgehead atoms. The molecule has 8 aliphatic carbocycles. The predicted molar refractivity (Wildman–Crippen MR) is 239 cm³/mol. The molecule has 0 radical (unpaired) electrons. The van der Waals surface area contributed by atoms with Crippen LogP contribution in [0.3, 0.4) is 0 Å². The van der Waals surface area contributed by atoms with Crippen molar-refractivity contribution in [1.29, 1.82) is 0 Å². The first-order chi connectivity index (χ1) is 19.5. The van der Waals surface area contributed by atoms with Gasteiger partial charge < -0.3 is 59.4 Å². The fourth-order valence-electron chi connectivity index (χ4n) is 8.87. The van der Waals surface area contributed by atoms with Gasteiger partial charge in [0.25, 0.3) is 0 Å². The Morgan fingerprint density at radius 1 is 0.269 bits per heavy atom. The zero-order chi connectivity index (χ0) is 27.9. The maximum absolute atomic E-state index is 2.38. The molecular weight excluding hydrogens is 783 g/mol. The Kier molecular flexibility index (Phi) is 47.0. The van der Waals surface area contributed by atoms with Crippen molar-refractivity contribution in [2.24, 2.45) is 71.0 Å². The van der Waals surface area contributed by atoms with Crippen LogP contribution in [0.2, 0.25) is 0 Å². The van der Waals surface area contributed by atoms with E-state index in [9.17, 15) is 0 Å². The second-order valence-electron chi connectivity index (χ2n) is 14.3. The van der Waals surface area contributed by atoms with Gasteiger partial charge in [0.2, 0.25) is 0 Å². The van der Waals surface area contributed by atoms with Crippen LogP contribution in [0.1, 0.15) is 93.9 Å². The van der Waals surface area contributed by atoms with Gasteiger partial charge in [0, 0.05) is 0 Å². The van der Waals surface area contributed by atoms with Gasteiger partial charge in [0.15, 0.2) is 0 Å². The fourth-order valence-corrected chi connectivity index (χ4v) is 8.87. The normalized spacial score (nSPS) is 33.8. The summed E-state index contributed by atoms with van der Waals surface area (Å²) in [5, 5.41) is 0. The average Bonchev–Trinajstić information content (AvgIpc) is 3.78. The number of fused-ring (bicyclic) bond motifs is 4. The molecule has 0 amide bonds. The first-order valence-electron chi connectivity index (χ1n) is 16.9. The van der Waals surface area contributed by atoms with E-state index in [1.165, 1.54) is 51.4 Å². The molecule has 8 rings (SSSR count). The number of hydrogen-bond acceptors (Lipinski definition) is 0. The van der Waals surface area contributed by atoms with E-state index in [4.69, 9.17) is 0 Å². The van der Waals surface area contributed by atoms with Gasteiger partial charge in [-0.2, -0.15) is 0 Å². The first kappa shape index (κ1) is 69.6. The molecule has 0 N–H and O–H groups in total. The van der Waals surface area contributed by atoms with Crippen molar-refractivity contribution in [2.45, 2.75) is 93.9 Å². The van der Waals surface area contributed by atoms with E-state index in [1.54, 1.807) is 0 Å². The molecule has 0 nitrogen and oxygen atoms in total. The molecule has 12 unspecified atom stereocenters. The number of hydrogen-bond donors (Lipinski definition) is 0. The van der Waals surface area contributed by atoms with Crippen molar-refractivity contribution in [3.63, 3.8) is 0 Å². The summed E-state index contributed by atoms with van der Waals surface area (Å²) in [5.41, 5.74) is 0. The van der Waals surface area contributed by atoms with Gasteiger partial charge in [-0.05, 0) is 122 Å². The molecule has 0 heterocycles. The Labute approximate surface area is 371 Å². The Morgan fingerprint density at radius 3 is 0.577 bits per heavy atom. The predicted octanol–water partition coefficient (Wildman–Crippen LogP) is 16.0. The molecule has 4 fully saturated rings. The van der Waals surface area contributed by atoms with Crippen molar-refractivity contribution in [3.05, 3.63) is 157 Å². The van der Waals surface area contributed by atoms with E-state index in [0.29, 0.717) is 0 Å². The van der Waals surface area contributed by atoms with Crippen molar-refractivity contribution >= 4 is 0 Å². The molecule has 0 aromatic heterocycles. The zero-order valence-corrected chi connectivity index (χ0v) is 39.7. The second-order valence-corrected chi connectivity index (χ2v) is 14.3. The smallest absolute Gasteiger partial charge is 0.358 e. The largest absolute Gasteiger partial charge is 4.00 e. The molecule has 0 saturated heterocycles. The molecule has 0 spiro atoms. The molecule has 52 heavy (non-hydrogen) atoms. The molecule has 8 aliphatic rings. The molecule has 12 atom stereocenters. The van der Waals surface area contributed by atoms with Crippen LogP contribution in [0.4, 0.5) is 0 Å². The van der Waals surface area contributed by atoms with Gasteiger partial charge in [-0.1, -0.05) is 140 Å². The zero-order valence-electron chi connectivity index (χ0n) is 34.8. The van der Waals surface area contributed by atoms with Crippen LogP contribution in [-0.4, -0.2) is 0 Å². The standard InChI is InChI=1S/4C10H14.2CH4.8CH3.2Zr/c4*1-8-6-7-9-4-2-3-5-10(8)9;;;;;;;;;;;;/h4*2-5,8-10H,6-7H2,1H3;2*1H4;8*1H3;;/q;;;;;;8*-1;2*+4. The maximum atomic E-state index is 2.38. The van der Waals surface area contributed by atoms with Crippen LogP contribution in [0, 0.1) is 130 Å². The van der Waals surface area contributed by atoms with Crippen molar-refractivity contribution in [1.82, 2.24) is 0 Å². The second kappa shape index (κ2) is 35.1. The minimum Gasteiger partial charge on any atom is -0.358 e. The van der Waals surface area contributed by atoms with Gasteiger partial charge in [-0.3, -0.25) is 0 Å².